The molecule has 2 aromatic rings. The van der Waals surface area contributed by atoms with Crippen molar-refractivity contribution >= 4 is 29.4 Å². The predicted octanol–water partition coefficient (Wildman–Crippen LogP) is 1.90. The van der Waals surface area contributed by atoms with Crippen molar-refractivity contribution in [2.24, 2.45) is 11.8 Å². The van der Waals surface area contributed by atoms with Crippen LogP contribution in [0.4, 0.5) is 5.69 Å². The molecule has 0 radical (unpaired) electrons. The zero-order valence-electron chi connectivity index (χ0n) is 19.4. The lowest BCUT2D eigenvalue weighted by molar-refractivity contribution is -0.154. The Kier molecular flexibility index (Phi) is 5.28. The van der Waals surface area contributed by atoms with Crippen LogP contribution >= 0.6 is 0 Å². The summed E-state index contributed by atoms with van der Waals surface area (Å²) in [5.74, 6) is -3.63. The number of hydrogen-bond donors (Lipinski definition) is 1. The van der Waals surface area contributed by atoms with Crippen LogP contribution in [0.1, 0.15) is 29.2 Å². The summed E-state index contributed by atoms with van der Waals surface area (Å²) in [5.41, 5.74) is 1.87. The van der Waals surface area contributed by atoms with E-state index in [2.05, 4.69) is 5.32 Å². The highest BCUT2D eigenvalue weighted by atomic mass is 16.5. The predicted molar refractivity (Wildman–Crippen MR) is 124 cm³/mol. The number of piperazine rings is 1. The Labute approximate surface area is 197 Å². The molecule has 2 aromatic carbocycles. The number of aryl methyl sites for hydroxylation is 2. The van der Waals surface area contributed by atoms with E-state index in [1.807, 2.05) is 55.1 Å². The van der Waals surface area contributed by atoms with Crippen LogP contribution in [0.3, 0.4) is 0 Å². The highest BCUT2D eigenvalue weighted by molar-refractivity contribution is 6.24. The summed E-state index contributed by atoms with van der Waals surface area (Å²) in [7, 11) is 1.26. The van der Waals surface area contributed by atoms with Gasteiger partial charge in [0.15, 0.2) is 0 Å². The van der Waals surface area contributed by atoms with Crippen molar-refractivity contribution in [3.8, 4) is 0 Å². The maximum Gasteiger partial charge on any atom is 0.307 e. The van der Waals surface area contributed by atoms with Crippen LogP contribution in [-0.2, 0) is 23.9 Å². The topological polar surface area (TPSA) is 96.0 Å². The number of hydrogen-bond acceptors (Lipinski definition) is 6. The van der Waals surface area contributed by atoms with E-state index in [1.165, 1.54) is 12.0 Å². The Morgan fingerprint density at radius 3 is 2.24 bits per heavy atom. The van der Waals surface area contributed by atoms with E-state index in [1.54, 1.807) is 12.1 Å². The number of anilines is 1. The van der Waals surface area contributed by atoms with Gasteiger partial charge in [0.25, 0.3) is 0 Å². The Morgan fingerprint density at radius 2 is 1.62 bits per heavy atom. The number of imide groups is 1. The van der Waals surface area contributed by atoms with Crippen molar-refractivity contribution in [3.63, 3.8) is 0 Å². The molecule has 4 atom stereocenters. The van der Waals surface area contributed by atoms with Crippen LogP contribution < -0.4 is 10.2 Å². The monoisotopic (exact) mass is 461 g/mol. The van der Waals surface area contributed by atoms with Crippen molar-refractivity contribution in [2.75, 3.05) is 25.1 Å². The van der Waals surface area contributed by atoms with Gasteiger partial charge in [-0.1, -0.05) is 47.5 Å². The van der Waals surface area contributed by atoms with Gasteiger partial charge in [-0.05, 0) is 31.5 Å². The van der Waals surface area contributed by atoms with Gasteiger partial charge in [-0.3, -0.25) is 24.1 Å². The van der Waals surface area contributed by atoms with E-state index in [0.29, 0.717) is 18.8 Å². The minimum atomic E-state index is -1.50. The molecule has 3 saturated heterocycles. The number of carbonyl (C=O) groups excluding carboxylic acids is 4. The van der Waals surface area contributed by atoms with Crippen LogP contribution in [0.25, 0.3) is 0 Å². The summed E-state index contributed by atoms with van der Waals surface area (Å²) < 4.78 is 4.94. The molecule has 3 heterocycles. The molecule has 3 aliphatic rings. The van der Waals surface area contributed by atoms with Crippen LogP contribution in [0.2, 0.25) is 0 Å². The van der Waals surface area contributed by atoms with E-state index in [0.717, 1.165) is 16.7 Å². The molecule has 8 heteroatoms. The fourth-order valence-electron chi connectivity index (χ4n) is 5.87. The maximum atomic E-state index is 13.9. The average Bonchev–Trinajstić information content (AvgIpc) is 3.26. The molecule has 3 fully saturated rings. The maximum absolute atomic E-state index is 13.9. The molecular formula is C26H27N3O5. The van der Waals surface area contributed by atoms with Gasteiger partial charge >= 0.3 is 5.97 Å². The third-order valence-electron chi connectivity index (χ3n) is 7.44. The number of fused-ring (bicyclic) bond motifs is 3. The van der Waals surface area contributed by atoms with Gasteiger partial charge in [-0.15, -0.1) is 0 Å². The van der Waals surface area contributed by atoms with Crippen molar-refractivity contribution in [1.82, 2.24) is 10.2 Å². The number of rotatable bonds is 4. The zero-order chi connectivity index (χ0) is 24.2. The molecule has 8 nitrogen and oxygen atoms in total. The molecule has 176 valence electrons. The Morgan fingerprint density at radius 1 is 1.00 bits per heavy atom. The normalized spacial score (nSPS) is 28.5. The van der Waals surface area contributed by atoms with Crippen LogP contribution in [0, 0.1) is 25.7 Å². The molecule has 0 bridgehead atoms. The molecule has 1 N–H and O–H groups in total. The summed E-state index contributed by atoms with van der Waals surface area (Å²) in [6.45, 7) is 4.68. The quantitative estimate of drug-likeness (QED) is 0.552. The lowest BCUT2D eigenvalue weighted by atomic mass is 9.76. The van der Waals surface area contributed by atoms with Gasteiger partial charge in [-0.2, -0.15) is 0 Å². The third-order valence-corrected chi connectivity index (χ3v) is 7.44. The zero-order valence-corrected chi connectivity index (χ0v) is 19.4. The second kappa shape index (κ2) is 8.06. The minimum Gasteiger partial charge on any atom is -0.469 e. The molecule has 34 heavy (non-hydrogen) atoms. The Hall–Kier alpha value is -3.52. The van der Waals surface area contributed by atoms with Crippen LogP contribution in [0.15, 0.2) is 48.5 Å². The van der Waals surface area contributed by atoms with Crippen molar-refractivity contribution in [2.45, 2.75) is 31.8 Å². The highest BCUT2D eigenvalue weighted by Crippen LogP contribution is 2.57. The smallest absolute Gasteiger partial charge is 0.307 e. The second-order valence-corrected chi connectivity index (χ2v) is 9.33. The summed E-state index contributed by atoms with van der Waals surface area (Å²) in [6, 6.07) is 14.4. The van der Waals surface area contributed by atoms with E-state index in [9.17, 15) is 19.2 Å². The van der Waals surface area contributed by atoms with Gasteiger partial charge in [-0.25, -0.2) is 4.90 Å². The van der Waals surface area contributed by atoms with E-state index < -0.39 is 41.2 Å². The standard InChI is InChI=1S/C26H27N3O5/c1-15-4-8-17(9-5-15)22-20-21(24(32)29(23(20)31)18-10-6-16(2)7-11-18)26(14-19(30)34-3)25(33)27-12-13-28(22)26/h4-11,20-22H,12-14H2,1-3H3,(H,27,33)/t20-,21+,22-,26+/m1/s1. The van der Waals surface area contributed by atoms with E-state index in [4.69, 9.17) is 4.74 Å². The number of carbonyl (C=O) groups is 4. The molecule has 0 spiro atoms. The lowest BCUT2D eigenvalue weighted by Gasteiger charge is -2.45. The largest absolute Gasteiger partial charge is 0.469 e. The number of ether oxygens (including phenoxy) is 1. The van der Waals surface area contributed by atoms with Gasteiger partial charge in [0.05, 0.1) is 31.1 Å². The summed E-state index contributed by atoms with van der Waals surface area (Å²) in [6.07, 6.45) is -0.306. The number of esters is 1. The minimum absolute atomic E-state index is 0.306. The molecule has 3 amide bonds. The van der Waals surface area contributed by atoms with Gasteiger partial charge in [0, 0.05) is 19.1 Å². The first kappa shape index (κ1) is 22.3. The first-order valence-corrected chi connectivity index (χ1v) is 11.4. The summed E-state index contributed by atoms with van der Waals surface area (Å²) in [5, 5.41) is 2.84. The molecule has 0 saturated carbocycles. The van der Waals surface area contributed by atoms with Crippen LogP contribution in [0.5, 0.6) is 0 Å². The first-order chi connectivity index (χ1) is 16.3. The average molecular weight is 462 g/mol. The summed E-state index contributed by atoms with van der Waals surface area (Å²) >= 11 is 0. The van der Waals surface area contributed by atoms with Crippen LogP contribution in [-0.4, -0.2) is 54.3 Å². The second-order valence-electron chi connectivity index (χ2n) is 9.33. The number of amides is 3. The van der Waals surface area contributed by atoms with Crippen molar-refractivity contribution in [1.29, 1.82) is 0 Å². The molecule has 5 rings (SSSR count). The number of methoxy groups -OCH3 is 1. The SMILES string of the molecule is COC(=O)C[C@]12C(=O)NCCN1[C@H](c1ccc(C)cc1)[C@@H]1C(=O)N(c3ccc(C)cc3)C(=O)[C@H]12. The Bertz CT molecular complexity index is 1180. The number of nitrogens with one attached hydrogen (secondary N) is 1. The number of benzene rings is 2. The van der Waals surface area contributed by atoms with Gasteiger partial charge in [0.1, 0.15) is 5.54 Å². The molecule has 0 unspecified atom stereocenters. The highest BCUT2D eigenvalue weighted by Gasteiger charge is 2.73. The molecular weight excluding hydrogens is 434 g/mol. The molecule has 0 aromatic heterocycles. The fraction of sp³-hybridized carbons (Fsp3) is 0.385. The van der Waals surface area contributed by atoms with Crippen molar-refractivity contribution in [3.05, 3.63) is 65.2 Å². The van der Waals surface area contributed by atoms with Crippen molar-refractivity contribution < 1.29 is 23.9 Å². The van der Waals surface area contributed by atoms with Gasteiger partial charge < -0.3 is 10.1 Å². The Balaban J connectivity index is 1.70. The van der Waals surface area contributed by atoms with E-state index in [-0.39, 0.29) is 12.3 Å². The fourth-order valence-corrected chi connectivity index (χ4v) is 5.87. The molecule has 3 aliphatic heterocycles. The van der Waals surface area contributed by atoms with Gasteiger partial charge in [0.2, 0.25) is 17.7 Å². The number of nitrogens with zero attached hydrogens (tertiary/aromatic N) is 2. The molecule has 0 aliphatic carbocycles. The summed E-state index contributed by atoms with van der Waals surface area (Å²) in [4.78, 5) is 57.0. The van der Waals surface area contributed by atoms with E-state index >= 15 is 0 Å². The lowest BCUT2D eigenvalue weighted by Crippen LogP contribution is -2.67. The third kappa shape index (κ3) is 3.09. The first-order valence-electron chi connectivity index (χ1n) is 11.4.